The summed E-state index contributed by atoms with van der Waals surface area (Å²) in [6.45, 7) is 0.0917. The zero-order valence-corrected chi connectivity index (χ0v) is 29.5. The Kier molecular flexibility index (Phi) is 17.1. The summed E-state index contributed by atoms with van der Waals surface area (Å²) in [5.41, 5.74) is 6.83. The number of imide groups is 1. The first-order chi connectivity index (χ1) is 16.2. The average Bonchev–Trinajstić information content (AvgIpc) is 2.72. The Balaban J connectivity index is 0. The SMILES string of the molecule is CC1=C(C(N)=O)C(=O)N(CC(=O)[O-])C(=O)/C1=C\C=Cc1c(C)c(C(N)=O)c(=O)n(CC(=O)[O-])c1[O-].[K+].[K+].[Na+]. The molecule has 184 valence electrons. The van der Waals surface area contributed by atoms with Gasteiger partial charge < -0.3 is 40.9 Å². The first-order valence-corrected chi connectivity index (χ1v) is 9.60. The maximum Gasteiger partial charge on any atom is 1.00 e. The van der Waals surface area contributed by atoms with E-state index in [9.17, 15) is 48.9 Å². The minimum atomic E-state index is -1.79. The van der Waals surface area contributed by atoms with Crippen LogP contribution in [0.2, 0.25) is 0 Å². The topological polar surface area (TPSA) is 249 Å². The summed E-state index contributed by atoms with van der Waals surface area (Å²) in [4.78, 5) is 83.0. The van der Waals surface area contributed by atoms with Crippen LogP contribution in [0.5, 0.6) is 5.88 Å². The van der Waals surface area contributed by atoms with Gasteiger partial charge in [0.25, 0.3) is 29.2 Å². The molecule has 1 aliphatic heterocycles. The summed E-state index contributed by atoms with van der Waals surface area (Å²) in [5, 5.41) is 34.6. The molecular weight excluding hydrogens is 569 g/mol. The molecule has 0 saturated heterocycles. The molecule has 0 saturated carbocycles. The second kappa shape index (κ2) is 16.5. The van der Waals surface area contributed by atoms with Gasteiger partial charge in [0.15, 0.2) is 0 Å². The van der Waals surface area contributed by atoms with Crippen molar-refractivity contribution in [2.24, 2.45) is 11.5 Å². The molecular formula is C21H17K2N4NaO10. The summed E-state index contributed by atoms with van der Waals surface area (Å²) in [6.07, 6.45) is 3.10. The largest absolute Gasteiger partial charge is 1.00 e. The minimum Gasteiger partial charge on any atom is -0.860 e. The quantitative estimate of drug-likeness (QED) is 0.126. The number of amides is 4. The maximum absolute atomic E-state index is 12.7. The number of hydrogen-bond acceptors (Lipinski definition) is 10. The Morgan fingerprint density at radius 2 is 1.42 bits per heavy atom. The third kappa shape index (κ3) is 8.63. The fourth-order valence-electron chi connectivity index (χ4n) is 3.42. The van der Waals surface area contributed by atoms with Crippen LogP contribution in [-0.2, 0) is 30.5 Å². The number of carbonyl (C=O) groups is 6. The molecule has 0 fully saturated rings. The molecule has 17 heteroatoms. The van der Waals surface area contributed by atoms with Crippen LogP contribution in [-0.4, -0.2) is 51.6 Å². The Morgan fingerprint density at radius 1 is 0.895 bits per heavy atom. The zero-order chi connectivity index (χ0) is 26.8. The molecule has 2 heterocycles. The third-order valence-corrected chi connectivity index (χ3v) is 5.02. The first-order valence-electron chi connectivity index (χ1n) is 9.60. The van der Waals surface area contributed by atoms with Crippen molar-refractivity contribution >= 4 is 41.6 Å². The van der Waals surface area contributed by atoms with Crippen LogP contribution in [0.15, 0.2) is 33.7 Å². The van der Waals surface area contributed by atoms with Crippen LogP contribution in [0.1, 0.15) is 28.4 Å². The van der Waals surface area contributed by atoms with E-state index in [1.807, 2.05) is 0 Å². The van der Waals surface area contributed by atoms with Crippen molar-refractivity contribution in [2.45, 2.75) is 20.4 Å². The molecule has 0 spiro atoms. The van der Waals surface area contributed by atoms with E-state index < -0.39 is 71.2 Å². The number of carbonyl (C=O) groups excluding carboxylic acids is 6. The van der Waals surface area contributed by atoms with Crippen molar-refractivity contribution in [3.8, 4) is 5.88 Å². The summed E-state index contributed by atoms with van der Waals surface area (Å²) in [7, 11) is 0. The van der Waals surface area contributed by atoms with E-state index >= 15 is 0 Å². The Hall–Kier alpha value is -0.737. The summed E-state index contributed by atoms with van der Waals surface area (Å²) < 4.78 is 0.234. The molecule has 1 aliphatic rings. The van der Waals surface area contributed by atoms with Crippen molar-refractivity contribution in [1.29, 1.82) is 0 Å². The normalized spacial score (nSPS) is 14.1. The molecule has 38 heavy (non-hydrogen) atoms. The van der Waals surface area contributed by atoms with Gasteiger partial charge >= 0.3 is 132 Å². The van der Waals surface area contributed by atoms with E-state index in [2.05, 4.69) is 0 Å². The number of aromatic nitrogens is 1. The molecule has 0 radical (unpaired) electrons. The zero-order valence-electron chi connectivity index (χ0n) is 21.3. The standard InChI is InChI=1S/C21H20N4O10.2K.Na/c1-8-10(18(32)24(6-12(26)27)20(34)14(8)16(22)30)4-3-5-11-9(2)15(17(23)31)21(35)25(19(11)33)7-13(28)29;;;/h3-5,32H,6-7H2,1-2H3,(H2,22,30)(H2,23,31)(H,26,27)(H,28,29);;;/q;3*+1/p-3/b4-3?,11-5-;;;. The molecule has 0 unspecified atom stereocenters. The number of nitrogens with zero attached hydrogens (tertiary/aromatic N) is 2. The van der Waals surface area contributed by atoms with Crippen molar-refractivity contribution in [1.82, 2.24) is 9.47 Å². The van der Waals surface area contributed by atoms with Crippen molar-refractivity contribution in [2.75, 3.05) is 6.54 Å². The predicted octanol–water partition coefficient (Wildman–Crippen LogP) is -14.0. The molecule has 14 nitrogen and oxygen atoms in total. The Morgan fingerprint density at radius 3 is 1.87 bits per heavy atom. The monoisotopic (exact) mass is 586 g/mol. The molecule has 0 aromatic carbocycles. The summed E-state index contributed by atoms with van der Waals surface area (Å²) in [5.74, 6) is -9.47. The van der Waals surface area contributed by atoms with E-state index in [0.29, 0.717) is 0 Å². The van der Waals surface area contributed by atoms with Crippen LogP contribution < -0.4 is 165 Å². The van der Waals surface area contributed by atoms with Gasteiger partial charge in [-0.05, 0) is 42.5 Å². The fourth-order valence-corrected chi connectivity index (χ4v) is 3.42. The van der Waals surface area contributed by atoms with Crippen LogP contribution in [0.25, 0.3) is 6.08 Å². The molecule has 4 amide bonds. The fraction of sp³-hybridized carbons (Fsp3) is 0.190. The van der Waals surface area contributed by atoms with Gasteiger partial charge in [-0.1, -0.05) is 12.2 Å². The van der Waals surface area contributed by atoms with Gasteiger partial charge in [-0.15, -0.1) is 0 Å². The van der Waals surface area contributed by atoms with Gasteiger partial charge in [0.1, 0.15) is 11.1 Å². The van der Waals surface area contributed by atoms with E-state index in [0.717, 1.165) is 18.2 Å². The van der Waals surface area contributed by atoms with Crippen molar-refractivity contribution < 1.29 is 176 Å². The molecule has 2 rings (SSSR count). The summed E-state index contributed by atoms with van der Waals surface area (Å²) >= 11 is 0. The number of allylic oxidation sites excluding steroid dienone is 2. The number of rotatable bonds is 8. The number of carboxylic acids is 2. The van der Waals surface area contributed by atoms with Gasteiger partial charge in [-0.2, -0.15) is 0 Å². The van der Waals surface area contributed by atoms with Gasteiger partial charge in [0, 0.05) is 5.57 Å². The first kappa shape index (κ1) is 39.4. The predicted molar refractivity (Wildman–Crippen MR) is 109 cm³/mol. The maximum atomic E-state index is 12.7. The van der Waals surface area contributed by atoms with Gasteiger partial charge in [0.2, 0.25) is 0 Å². The van der Waals surface area contributed by atoms with Crippen LogP contribution in [0, 0.1) is 6.92 Å². The van der Waals surface area contributed by atoms with E-state index in [4.69, 9.17) is 11.5 Å². The van der Waals surface area contributed by atoms with E-state index in [-0.39, 0.29) is 164 Å². The number of aliphatic carboxylic acids is 2. The molecule has 0 aliphatic carbocycles. The second-order valence-corrected chi connectivity index (χ2v) is 7.22. The van der Waals surface area contributed by atoms with E-state index in [1.165, 1.54) is 13.8 Å². The average molecular weight is 587 g/mol. The number of pyridine rings is 1. The smallest absolute Gasteiger partial charge is 0.860 e. The minimum absolute atomic E-state index is 0. The number of carboxylic acid groups (broad SMARTS) is 2. The van der Waals surface area contributed by atoms with Crippen molar-refractivity contribution in [3.63, 3.8) is 0 Å². The molecule has 0 bridgehead atoms. The van der Waals surface area contributed by atoms with E-state index in [1.54, 1.807) is 0 Å². The van der Waals surface area contributed by atoms with Crippen LogP contribution in [0.4, 0.5) is 0 Å². The number of primary amides is 2. The molecule has 4 N–H and O–H groups in total. The van der Waals surface area contributed by atoms with Gasteiger partial charge in [-0.3, -0.25) is 28.9 Å². The van der Waals surface area contributed by atoms with Gasteiger partial charge in [0.05, 0.1) is 25.0 Å². The summed E-state index contributed by atoms with van der Waals surface area (Å²) in [6, 6.07) is 0. The van der Waals surface area contributed by atoms with Gasteiger partial charge in [-0.25, -0.2) is 0 Å². The van der Waals surface area contributed by atoms with Crippen LogP contribution >= 0.6 is 0 Å². The Labute approximate surface area is 322 Å². The molecule has 1 aromatic rings. The molecule has 1 aromatic heterocycles. The number of nitrogens with two attached hydrogens (primary N) is 2. The van der Waals surface area contributed by atoms with Crippen molar-refractivity contribution in [3.05, 3.63) is 55.9 Å². The number of hydrogen-bond donors (Lipinski definition) is 2. The molecule has 0 atom stereocenters. The third-order valence-electron chi connectivity index (χ3n) is 5.02. The second-order valence-electron chi connectivity index (χ2n) is 7.22. The van der Waals surface area contributed by atoms with Crippen LogP contribution in [0.3, 0.4) is 0 Å². The Bertz CT molecular complexity index is 1360.